The molecule has 86 valence electrons. The van der Waals surface area contributed by atoms with E-state index in [0.29, 0.717) is 5.69 Å². The average molecular weight is 220 g/mol. The van der Waals surface area contributed by atoms with E-state index < -0.39 is 0 Å². The summed E-state index contributed by atoms with van der Waals surface area (Å²) in [5, 5.41) is 10.2. The summed E-state index contributed by atoms with van der Waals surface area (Å²) in [7, 11) is 0. The highest BCUT2D eigenvalue weighted by Gasteiger charge is 2.19. The number of hydrogen-bond donors (Lipinski definition) is 1. The van der Waals surface area contributed by atoms with Gasteiger partial charge in [0.05, 0.1) is 18.1 Å². The Morgan fingerprint density at radius 1 is 1.44 bits per heavy atom. The van der Waals surface area contributed by atoms with Gasteiger partial charge in [0.25, 0.3) is 0 Å². The topological polar surface area (TPSA) is 58.1 Å². The lowest BCUT2D eigenvalue weighted by Crippen LogP contribution is -2.40. The van der Waals surface area contributed by atoms with E-state index in [1.165, 1.54) is 0 Å². The first-order valence-electron chi connectivity index (χ1n) is 5.58. The van der Waals surface area contributed by atoms with Crippen molar-refractivity contribution in [2.75, 3.05) is 18.4 Å². The van der Waals surface area contributed by atoms with E-state index in [4.69, 9.17) is 0 Å². The van der Waals surface area contributed by atoms with Gasteiger partial charge in [0.1, 0.15) is 0 Å². The number of nitrogens with zero attached hydrogens (tertiary/aromatic N) is 3. The van der Waals surface area contributed by atoms with Crippen LogP contribution in [-0.2, 0) is 0 Å². The van der Waals surface area contributed by atoms with Gasteiger partial charge < -0.3 is 10.2 Å². The number of hydrogen-bond acceptors (Lipinski definition) is 3. The zero-order valence-corrected chi connectivity index (χ0v) is 9.39. The van der Waals surface area contributed by atoms with E-state index in [0.717, 1.165) is 31.8 Å². The summed E-state index contributed by atoms with van der Waals surface area (Å²) in [6, 6.07) is 1.69. The maximum atomic E-state index is 11.8. The monoisotopic (exact) mass is 220 g/mol. The summed E-state index contributed by atoms with van der Waals surface area (Å²) in [6.07, 6.45) is 5.28. The molecule has 0 bridgehead atoms. The van der Waals surface area contributed by atoms with Crippen molar-refractivity contribution in [3.05, 3.63) is 18.5 Å². The summed E-state index contributed by atoms with van der Waals surface area (Å²) in [5.74, 6) is 0.728. The molecule has 16 heavy (non-hydrogen) atoms. The van der Waals surface area contributed by atoms with Crippen LogP contribution in [0.25, 0.3) is 0 Å². The lowest BCUT2D eigenvalue weighted by atomic mass is 10.00. The zero-order chi connectivity index (χ0) is 11.4. The Labute approximate surface area is 94.9 Å². The number of urea groups is 1. The molecule has 0 aromatic carbocycles. The Kier molecular flexibility index (Phi) is 3.34. The first-order valence-corrected chi connectivity index (χ1v) is 5.58. The van der Waals surface area contributed by atoms with Gasteiger partial charge in [-0.1, -0.05) is 6.92 Å². The van der Waals surface area contributed by atoms with Crippen LogP contribution in [0.1, 0.15) is 19.8 Å². The number of piperidine rings is 1. The van der Waals surface area contributed by atoms with Crippen molar-refractivity contribution in [2.24, 2.45) is 5.92 Å². The smallest absolute Gasteiger partial charge is 0.321 e. The Hall–Kier alpha value is -1.65. The van der Waals surface area contributed by atoms with Crippen molar-refractivity contribution < 1.29 is 4.79 Å². The number of rotatable bonds is 1. The van der Waals surface area contributed by atoms with Gasteiger partial charge in [0.2, 0.25) is 0 Å². The molecule has 0 radical (unpaired) electrons. The number of carbonyl (C=O) groups is 1. The van der Waals surface area contributed by atoms with Gasteiger partial charge in [-0.2, -0.15) is 10.2 Å². The molecule has 1 aromatic rings. The largest absolute Gasteiger partial charge is 0.325 e. The molecule has 0 unspecified atom stereocenters. The second kappa shape index (κ2) is 4.92. The molecule has 2 heterocycles. The fourth-order valence-corrected chi connectivity index (χ4v) is 1.78. The molecule has 0 aliphatic carbocycles. The minimum absolute atomic E-state index is 0.0418. The third-order valence-corrected chi connectivity index (χ3v) is 2.91. The molecule has 1 aromatic heterocycles. The summed E-state index contributed by atoms with van der Waals surface area (Å²) in [6.45, 7) is 3.90. The summed E-state index contributed by atoms with van der Waals surface area (Å²) in [4.78, 5) is 13.7. The predicted octanol–water partition coefficient (Wildman–Crippen LogP) is 1.74. The summed E-state index contributed by atoms with van der Waals surface area (Å²) in [5.41, 5.74) is 0.693. The molecule has 2 amide bonds. The van der Waals surface area contributed by atoms with Crippen LogP contribution in [0.5, 0.6) is 0 Å². The molecule has 2 rings (SSSR count). The number of likely N-dealkylation sites (tertiary alicyclic amines) is 1. The summed E-state index contributed by atoms with van der Waals surface area (Å²) >= 11 is 0. The third kappa shape index (κ3) is 2.68. The van der Waals surface area contributed by atoms with Crippen LogP contribution >= 0.6 is 0 Å². The van der Waals surface area contributed by atoms with Crippen LogP contribution in [-0.4, -0.2) is 34.2 Å². The van der Waals surface area contributed by atoms with Crippen LogP contribution in [0.2, 0.25) is 0 Å². The van der Waals surface area contributed by atoms with E-state index in [9.17, 15) is 4.79 Å². The number of carbonyl (C=O) groups excluding carboxylic acids is 1. The fourth-order valence-electron chi connectivity index (χ4n) is 1.78. The van der Waals surface area contributed by atoms with Crippen LogP contribution in [0.4, 0.5) is 10.5 Å². The lowest BCUT2D eigenvalue weighted by Gasteiger charge is -2.30. The number of amides is 2. The lowest BCUT2D eigenvalue weighted by molar-refractivity contribution is 0.186. The number of anilines is 1. The number of aromatic nitrogens is 2. The molecule has 1 N–H and O–H groups in total. The molecule has 0 saturated carbocycles. The zero-order valence-electron chi connectivity index (χ0n) is 9.39. The van der Waals surface area contributed by atoms with Crippen LogP contribution in [0, 0.1) is 5.92 Å². The first kappa shape index (κ1) is 10.9. The van der Waals surface area contributed by atoms with Crippen molar-refractivity contribution in [3.8, 4) is 0 Å². The van der Waals surface area contributed by atoms with Crippen molar-refractivity contribution >= 4 is 11.7 Å². The predicted molar refractivity (Wildman–Crippen MR) is 61.0 cm³/mol. The normalized spacial score (nSPS) is 17.2. The van der Waals surface area contributed by atoms with Crippen LogP contribution < -0.4 is 5.32 Å². The minimum Gasteiger partial charge on any atom is -0.325 e. The van der Waals surface area contributed by atoms with Crippen molar-refractivity contribution in [2.45, 2.75) is 19.8 Å². The maximum absolute atomic E-state index is 11.8. The van der Waals surface area contributed by atoms with Gasteiger partial charge in [-0.15, -0.1) is 0 Å². The van der Waals surface area contributed by atoms with Gasteiger partial charge >= 0.3 is 6.03 Å². The van der Waals surface area contributed by atoms with Crippen molar-refractivity contribution in [1.29, 1.82) is 0 Å². The quantitative estimate of drug-likeness (QED) is 0.784. The SMILES string of the molecule is CC1CCN(C(=O)Nc2ccnnc2)CC1. The highest BCUT2D eigenvalue weighted by molar-refractivity contribution is 5.89. The van der Waals surface area contributed by atoms with Gasteiger partial charge in [-0.05, 0) is 24.8 Å². The highest BCUT2D eigenvalue weighted by Crippen LogP contribution is 2.16. The maximum Gasteiger partial charge on any atom is 0.321 e. The molecule has 0 spiro atoms. The highest BCUT2D eigenvalue weighted by atomic mass is 16.2. The van der Waals surface area contributed by atoms with Gasteiger partial charge in [-0.25, -0.2) is 4.79 Å². The number of nitrogens with one attached hydrogen (secondary N) is 1. The van der Waals surface area contributed by atoms with Crippen LogP contribution in [0.15, 0.2) is 18.5 Å². The van der Waals surface area contributed by atoms with E-state index in [2.05, 4.69) is 22.4 Å². The van der Waals surface area contributed by atoms with Crippen molar-refractivity contribution in [3.63, 3.8) is 0 Å². The molecule has 0 atom stereocenters. The van der Waals surface area contributed by atoms with E-state index >= 15 is 0 Å². The Morgan fingerprint density at radius 2 is 2.19 bits per heavy atom. The Morgan fingerprint density at radius 3 is 2.81 bits per heavy atom. The molecular weight excluding hydrogens is 204 g/mol. The molecule has 5 heteroatoms. The van der Waals surface area contributed by atoms with Gasteiger partial charge in [0.15, 0.2) is 0 Å². The second-order valence-electron chi connectivity index (χ2n) is 4.23. The standard InChI is InChI=1S/C11H16N4O/c1-9-3-6-15(7-4-9)11(16)14-10-2-5-12-13-8-10/h2,5,8-9H,3-4,6-7H2,1H3,(H,12,14,16). The molecule has 5 nitrogen and oxygen atoms in total. The second-order valence-corrected chi connectivity index (χ2v) is 4.23. The van der Waals surface area contributed by atoms with Crippen molar-refractivity contribution in [1.82, 2.24) is 15.1 Å². The van der Waals surface area contributed by atoms with E-state index in [-0.39, 0.29) is 6.03 Å². The fraction of sp³-hybridized carbons (Fsp3) is 0.545. The van der Waals surface area contributed by atoms with Gasteiger partial charge in [-0.3, -0.25) is 0 Å². The average Bonchev–Trinajstić information content (AvgIpc) is 2.31. The third-order valence-electron chi connectivity index (χ3n) is 2.91. The summed E-state index contributed by atoms with van der Waals surface area (Å²) < 4.78 is 0. The van der Waals surface area contributed by atoms with Gasteiger partial charge in [0, 0.05) is 13.1 Å². The van der Waals surface area contributed by atoms with E-state index in [1.54, 1.807) is 18.5 Å². The molecule has 1 aliphatic rings. The Bertz CT molecular complexity index is 346. The molecular formula is C11H16N4O. The molecule has 1 saturated heterocycles. The molecule has 1 aliphatic heterocycles. The molecule has 1 fully saturated rings. The van der Waals surface area contributed by atoms with Crippen LogP contribution in [0.3, 0.4) is 0 Å². The minimum atomic E-state index is -0.0418. The Balaban J connectivity index is 1.89. The van der Waals surface area contributed by atoms with E-state index in [1.807, 2.05) is 4.90 Å². The first-order chi connectivity index (χ1) is 7.75.